The van der Waals surface area contributed by atoms with E-state index in [1.165, 1.54) is 0 Å². The van der Waals surface area contributed by atoms with Gasteiger partial charge >= 0.3 is 6.03 Å². The lowest BCUT2D eigenvalue weighted by molar-refractivity contribution is 0.259. The summed E-state index contributed by atoms with van der Waals surface area (Å²) in [5, 5.41) is 3.46. The minimum absolute atomic E-state index is 0.321. The van der Waals surface area contributed by atoms with Crippen LogP contribution >= 0.6 is 11.6 Å². The monoisotopic (exact) mass is 307 g/mol. The molecule has 1 aromatic rings. The van der Waals surface area contributed by atoms with E-state index in [2.05, 4.69) is 22.1 Å². The maximum atomic E-state index is 12.1. The predicted molar refractivity (Wildman–Crippen MR) is 88.4 cm³/mol. The summed E-state index contributed by atoms with van der Waals surface area (Å²) >= 11 is 6.05. The fourth-order valence-electron chi connectivity index (χ4n) is 2.43. The number of urea groups is 1. The highest BCUT2D eigenvalue weighted by molar-refractivity contribution is 6.31. The minimum Gasteiger partial charge on any atom is -0.360 e. The minimum atomic E-state index is -0.321. The van der Waals surface area contributed by atoms with Gasteiger partial charge in [0.05, 0.1) is 0 Å². The van der Waals surface area contributed by atoms with Gasteiger partial charge in [0, 0.05) is 30.2 Å². The molecule has 0 bridgehead atoms. The second-order valence-electron chi connectivity index (χ2n) is 5.31. The molecular formula is C16H22ClN3O. The Hall–Kier alpha value is -1.55. The zero-order chi connectivity index (χ0) is 15.2. The molecule has 1 aliphatic rings. The Morgan fingerprint density at radius 2 is 2.29 bits per heavy atom. The number of amides is 2. The van der Waals surface area contributed by atoms with Crippen molar-refractivity contribution in [3.63, 3.8) is 0 Å². The van der Waals surface area contributed by atoms with E-state index in [-0.39, 0.29) is 6.03 Å². The quantitative estimate of drug-likeness (QED) is 0.891. The Morgan fingerprint density at radius 1 is 1.48 bits per heavy atom. The van der Waals surface area contributed by atoms with Crippen LogP contribution in [0, 0.1) is 6.92 Å². The molecule has 1 aliphatic heterocycles. The van der Waals surface area contributed by atoms with E-state index in [4.69, 9.17) is 11.6 Å². The Labute approximate surface area is 131 Å². The number of nitrogens with zero attached hydrogens (tertiary/aromatic N) is 2. The molecular weight excluding hydrogens is 286 g/mol. The van der Waals surface area contributed by atoms with Crippen molar-refractivity contribution in [2.45, 2.75) is 39.5 Å². The smallest absolute Gasteiger partial charge is 0.347 e. The van der Waals surface area contributed by atoms with Gasteiger partial charge in [0.1, 0.15) is 5.84 Å². The van der Waals surface area contributed by atoms with E-state index in [1.54, 1.807) is 0 Å². The van der Waals surface area contributed by atoms with E-state index >= 15 is 0 Å². The highest BCUT2D eigenvalue weighted by Gasteiger charge is 2.19. The highest BCUT2D eigenvalue weighted by Crippen LogP contribution is 2.23. The number of halogens is 1. The summed E-state index contributed by atoms with van der Waals surface area (Å²) in [6, 6.07) is 5.14. The summed E-state index contributed by atoms with van der Waals surface area (Å²) in [6.45, 7) is 6.04. The zero-order valence-corrected chi connectivity index (χ0v) is 13.4. The number of carbonyl (C=O) groups is 1. The standard InChI is InChI=1S/C16H22ClN3O/c1-3-4-10-20-11-6-9-15(20)19-16(21)18-14-8-5-7-13(17)12(14)2/h5,7-8H,3-4,6,9-11H2,1-2H3,(H,18,21). The molecule has 1 saturated heterocycles. The van der Waals surface area contributed by atoms with Crippen LogP contribution in [0.5, 0.6) is 0 Å². The number of unbranched alkanes of at least 4 members (excludes halogenated alkanes) is 1. The molecule has 1 aromatic carbocycles. The average molecular weight is 308 g/mol. The molecule has 114 valence electrons. The van der Waals surface area contributed by atoms with Gasteiger partial charge in [0.2, 0.25) is 0 Å². The number of amidine groups is 1. The van der Waals surface area contributed by atoms with Crippen LogP contribution in [0.25, 0.3) is 0 Å². The number of likely N-dealkylation sites (tertiary alicyclic amines) is 1. The second-order valence-corrected chi connectivity index (χ2v) is 5.72. The number of hydrogen-bond acceptors (Lipinski definition) is 1. The Morgan fingerprint density at radius 3 is 3.05 bits per heavy atom. The van der Waals surface area contributed by atoms with Crippen LogP contribution in [-0.2, 0) is 0 Å². The van der Waals surface area contributed by atoms with Crippen LogP contribution in [-0.4, -0.2) is 29.9 Å². The fourth-order valence-corrected chi connectivity index (χ4v) is 2.61. The van der Waals surface area contributed by atoms with Gasteiger partial charge in [-0.15, -0.1) is 0 Å². The van der Waals surface area contributed by atoms with Crippen molar-refractivity contribution in [3.05, 3.63) is 28.8 Å². The van der Waals surface area contributed by atoms with Gasteiger partial charge < -0.3 is 10.2 Å². The van der Waals surface area contributed by atoms with Crippen molar-refractivity contribution in [1.29, 1.82) is 0 Å². The summed E-state index contributed by atoms with van der Waals surface area (Å²) in [7, 11) is 0. The predicted octanol–water partition coefficient (Wildman–Crippen LogP) is 4.47. The third-order valence-electron chi connectivity index (χ3n) is 3.71. The molecule has 0 aliphatic carbocycles. The summed E-state index contributed by atoms with van der Waals surface area (Å²) < 4.78 is 0. The van der Waals surface area contributed by atoms with Gasteiger partial charge in [0.15, 0.2) is 0 Å². The number of aliphatic imine (C=N–C) groups is 1. The van der Waals surface area contributed by atoms with E-state index in [9.17, 15) is 4.79 Å². The number of hydrogen-bond donors (Lipinski definition) is 1. The number of rotatable bonds is 4. The van der Waals surface area contributed by atoms with Gasteiger partial charge in [-0.3, -0.25) is 0 Å². The average Bonchev–Trinajstić information content (AvgIpc) is 2.88. The molecule has 4 nitrogen and oxygen atoms in total. The van der Waals surface area contributed by atoms with Crippen molar-refractivity contribution >= 4 is 29.2 Å². The summed E-state index contributed by atoms with van der Waals surface area (Å²) in [6.07, 6.45) is 4.24. The zero-order valence-electron chi connectivity index (χ0n) is 12.7. The topological polar surface area (TPSA) is 44.7 Å². The molecule has 0 unspecified atom stereocenters. The van der Waals surface area contributed by atoms with E-state index < -0.39 is 0 Å². The molecule has 0 aromatic heterocycles. The maximum absolute atomic E-state index is 12.1. The van der Waals surface area contributed by atoms with E-state index in [0.717, 1.165) is 55.9 Å². The molecule has 21 heavy (non-hydrogen) atoms. The first-order chi connectivity index (χ1) is 10.1. The normalized spacial score (nSPS) is 16.5. The third kappa shape index (κ3) is 4.21. The van der Waals surface area contributed by atoms with Crippen LogP contribution in [0.15, 0.2) is 23.2 Å². The fraction of sp³-hybridized carbons (Fsp3) is 0.500. The lowest BCUT2D eigenvalue weighted by atomic mass is 10.2. The Kier molecular flexibility index (Phi) is 5.62. The number of nitrogens with one attached hydrogen (secondary N) is 1. The molecule has 0 radical (unpaired) electrons. The van der Waals surface area contributed by atoms with Gasteiger partial charge in [-0.1, -0.05) is 31.0 Å². The van der Waals surface area contributed by atoms with Gasteiger partial charge in [0.25, 0.3) is 0 Å². The molecule has 2 amide bonds. The van der Waals surface area contributed by atoms with Crippen molar-refractivity contribution < 1.29 is 4.79 Å². The van der Waals surface area contributed by atoms with Crippen molar-refractivity contribution in [3.8, 4) is 0 Å². The van der Waals surface area contributed by atoms with Crippen molar-refractivity contribution in [2.75, 3.05) is 18.4 Å². The van der Waals surface area contributed by atoms with Crippen LogP contribution in [0.3, 0.4) is 0 Å². The number of benzene rings is 1. The first-order valence-corrected chi connectivity index (χ1v) is 7.88. The molecule has 0 atom stereocenters. The Bertz CT molecular complexity index is 542. The second kappa shape index (κ2) is 7.46. The molecule has 5 heteroatoms. The van der Waals surface area contributed by atoms with Crippen LogP contribution in [0.2, 0.25) is 5.02 Å². The summed E-state index contributed by atoms with van der Waals surface area (Å²) in [4.78, 5) is 18.5. The number of anilines is 1. The Balaban J connectivity index is 2.03. The molecule has 1 fully saturated rings. The summed E-state index contributed by atoms with van der Waals surface area (Å²) in [5.74, 6) is 0.903. The first kappa shape index (κ1) is 15.8. The third-order valence-corrected chi connectivity index (χ3v) is 4.12. The van der Waals surface area contributed by atoms with E-state index in [0.29, 0.717) is 5.02 Å². The lowest BCUT2D eigenvalue weighted by Crippen LogP contribution is -2.27. The number of carbonyl (C=O) groups excluding carboxylic acids is 1. The molecule has 1 N–H and O–H groups in total. The van der Waals surface area contributed by atoms with Gasteiger partial charge in [-0.2, -0.15) is 4.99 Å². The van der Waals surface area contributed by atoms with Crippen LogP contribution in [0.4, 0.5) is 10.5 Å². The van der Waals surface area contributed by atoms with Crippen LogP contribution < -0.4 is 5.32 Å². The SMILES string of the molecule is CCCCN1CCCC1=NC(=O)Nc1cccc(Cl)c1C. The molecule has 2 rings (SSSR count). The van der Waals surface area contributed by atoms with Crippen molar-refractivity contribution in [1.82, 2.24) is 4.90 Å². The van der Waals surface area contributed by atoms with E-state index in [1.807, 2.05) is 25.1 Å². The maximum Gasteiger partial charge on any atom is 0.347 e. The molecule has 1 heterocycles. The summed E-state index contributed by atoms with van der Waals surface area (Å²) in [5.41, 5.74) is 1.58. The van der Waals surface area contributed by atoms with Gasteiger partial charge in [-0.05, 0) is 37.5 Å². The molecule has 0 spiro atoms. The largest absolute Gasteiger partial charge is 0.360 e. The highest BCUT2D eigenvalue weighted by atomic mass is 35.5. The van der Waals surface area contributed by atoms with Gasteiger partial charge in [-0.25, -0.2) is 4.79 Å². The lowest BCUT2D eigenvalue weighted by Gasteiger charge is -2.18. The van der Waals surface area contributed by atoms with Crippen molar-refractivity contribution in [2.24, 2.45) is 4.99 Å². The van der Waals surface area contributed by atoms with Crippen LogP contribution in [0.1, 0.15) is 38.2 Å². The molecule has 0 saturated carbocycles. The first-order valence-electron chi connectivity index (χ1n) is 7.50.